The average Bonchev–Trinajstić information content (AvgIpc) is 3.28. The van der Waals surface area contributed by atoms with Crippen molar-refractivity contribution in [1.82, 2.24) is 19.8 Å². The minimum absolute atomic E-state index is 0.0353. The highest BCUT2D eigenvalue weighted by Gasteiger charge is 2.27. The van der Waals surface area contributed by atoms with Crippen LogP contribution in [0.1, 0.15) is 37.7 Å². The molecule has 3 aromatic rings. The van der Waals surface area contributed by atoms with Crippen molar-refractivity contribution in [2.75, 3.05) is 44.2 Å². The number of halogens is 2. The van der Waals surface area contributed by atoms with Gasteiger partial charge in [-0.3, -0.25) is 4.79 Å². The first kappa shape index (κ1) is 25.4. The molecule has 36 heavy (non-hydrogen) atoms. The fraction of sp³-hybridized carbons (Fsp3) is 0.500. The number of carbonyl (C=O) groups excluding carboxylic acids is 1. The lowest BCUT2D eigenvalue weighted by atomic mass is 9.96. The van der Waals surface area contributed by atoms with Gasteiger partial charge in [0.05, 0.1) is 11.0 Å². The maximum absolute atomic E-state index is 12.8. The summed E-state index contributed by atoms with van der Waals surface area (Å²) < 4.78 is 2.39. The number of carbonyl (C=O) groups is 1. The quantitative estimate of drug-likeness (QED) is 0.425. The number of fused-ring (bicyclic) bond motifs is 1. The molecule has 2 fully saturated rings. The van der Waals surface area contributed by atoms with E-state index in [1.165, 1.54) is 37.9 Å². The third kappa shape index (κ3) is 5.99. The van der Waals surface area contributed by atoms with Crippen molar-refractivity contribution in [1.29, 1.82) is 0 Å². The lowest BCUT2D eigenvalue weighted by Gasteiger charge is -2.33. The molecule has 0 aliphatic carbocycles. The molecule has 0 atom stereocenters. The van der Waals surface area contributed by atoms with E-state index in [-0.39, 0.29) is 11.8 Å². The minimum atomic E-state index is 0.0353. The second-order valence-corrected chi connectivity index (χ2v) is 10.8. The van der Waals surface area contributed by atoms with Crippen LogP contribution in [0.3, 0.4) is 0 Å². The first-order chi connectivity index (χ1) is 17.6. The van der Waals surface area contributed by atoms with Crippen LogP contribution in [0.4, 0.5) is 5.95 Å². The van der Waals surface area contributed by atoms with Crippen LogP contribution in [0.15, 0.2) is 42.5 Å². The van der Waals surface area contributed by atoms with Crippen molar-refractivity contribution in [2.45, 2.75) is 45.1 Å². The average molecular weight is 529 g/mol. The molecule has 2 aromatic carbocycles. The Balaban J connectivity index is 1.17. The van der Waals surface area contributed by atoms with Gasteiger partial charge in [-0.2, -0.15) is 0 Å². The molecule has 0 saturated carbocycles. The van der Waals surface area contributed by atoms with Gasteiger partial charge in [0.2, 0.25) is 11.9 Å². The maximum atomic E-state index is 12.8. The number of benzene rings is 2. The molecular formula is C28H35Cl2N5O. The van der Waals surface area contributed by atoms with E-state index >= 15 is 0 Å². The second kappa shape index (κ2) is 11.8. The lowest BCUT2D eigenvalue weighted by molar-refractivity contribution is -0.125. The number of aromatic nitrogens is 2. The molecule has 3 heterocycles. The zero-order valence-corrected chi connectivity index (χ0v) is 22.3. The summed E-state index contributed by atoms with van der Waals surface area (Å²) in [6, 6.07) is 13.9. The van der Waals surface area contributed by atoms with E-state index in [9.17, 15) is 4.79 Å². The summed E-state index contributed by atoms with van der Waals surface area (Å²) in [5.41, 5.74) is 3.25. The number of nitrogens with one attached hydrogen (secondary N) is 1. The van der Waals surface area contributed by atoms with E-state index in [1.54, 1.807) is 6.07 Å². The third-order valence-electron chi connectivity index (χ3n) is 7.58. The van der Waals surface area contributed by atoms with Gasteiger partial charge >= 0.3 is 0 Å². The molecule has 0 spiro atoms. The predicted molar refractivity (Wildman–Crippen MR) is 148 cm³/mol. The fourth-order valence-electron chi connectivity index (χ4n) is 5.48. The van der Waals surface area contributed by atoms with Crippen LogP contribution >= 0.6 is 23.2 Å². The topological polar surface area (TPSA) is 53.4 Å². The minimum Gasteiger partial charge on any atom is -0.356 e. The zero-order valence-electron chi connectivity index (χ0n) is 20.8. The first-order valence-electron chi connectivity index (χ1n) is 13.2. The molecule has 2 saturated heterocycles. The van der Waals surface area contributed by atoms with Gasteiger partial charge in [0, 0.05) is 48.7 Å². The molecule has 2 aliphatic rings. The van der Waals surface area contributed by atoms with Gasteiger partial charge in [-0.1, -0.05) is 47.8 Å². The van der Waals surface area contributed by atoms with Crippen LogP contribution in [-0.4, -0.2) is 59.6 Å². The van der Waals surface area contributed by atoms with Crippen molar-refractivity contribution >= 4 is 46.1 Å². The van der Waals surface area contributed by atoms with Crippen molar-refractivity contribution in [3.63, 3.8) is 0 Å². The van der Waals surface area contributed by atoms with Crippen molar-refractivity contribution in [3.05, 3.63) is 58.1 Å². The Hall–Kier alpha value is -2.28. The summed E-state index contributed by atoms with van der Waals surface area (Å²) in [4.78, 5) is 22.8. The molecule has 0 bridgehead atoms. The lowest BCUT2D eigenvalue weighted by Crippen LogP contribution is -2.42. The standard InChI is InChI=1S/C28H35Cl2N5O/c29-23-9-8-21(24(30)20-23)10-13-31-27(36)22-11-16-34(17-12-22)28-32-25-6-2-3-7-26(25)35(28)19-18-33-14-4-1-5-15-33/h2-3,6-9,20,22H,1,4-5,10-19H2,(H,31,36). The van der Waals surface area contributed by atoms with Crippen LogP contribution < -0.4 is 10.2 Å². The number of hydrogen-bond donors (Lipinski definition) is 1. The summed E-state index contributed by atoms with van der Waals surface area (Å²) in [6.07, 6.45) is 6.33. The van der Waals surface area contributed by atoms with Crippen LogP contribution in [0.25, 0.3) is 11.0 Å². The van der Waals surface area contributed by atoms with Gasteiger partial charge in [-0.15, -0.1) is 0 Å². The number of amides is 1. The SMILES string of the molecule is O=C(NCCc1ccc(Cl)cc1Cl)C1CCN(c2nc3ccccc3n2CCN2CCCCC2)CC1. The van der Waals surface area contributed by atoms with Crippen molar-refractivity contribution < 1.29 is 4.79 Å². The fourth-order valence-corrected chi connectivity index (χ4v) is 5.98. The highest BCUT2D eigenvalue weighted by molar-refractivity contribution is 6.35. The van der Waals surface area contributed by atoms with Gasteiger partial charge < -0.3 is 19.7 Å². The Morgan fingerprint density at radius 3 is 2.53 bits per heavy atom. The van der Waals surface area contributed by atoms with E-state index in [0.717, 1.165) is 56.0 Å². The van der Waals surface area contributed by atoms with Crippen molar-refractivity contribution in [2.24, 2.45) is 5.92 Å². The molecule has 1 amide bonds. The van der Waals surface area contributed by atoms with Gasteiger partial charge in [0.1, 0.15) is 0 Å². The zero-order chi connectivity index (χ0) is 24.9. The van der Waals surface area contributed by atoms with Crippen LogP contribution in [0.5, 0.6) is 0 Å². The normalized spacial score (nSPS) is 17.6. The van der Waals surface area contributed by atoms with Crippen LogP contribution in [-0.2, 0) is 17.8 Å². The maximum Gasteiger partial charge on any atom is 0.223 e. The highest BCUT2D eigenvalue weighted by Crippen LogP contribution is 2.27. The van der Waals surface area contributed by atoms with E-state index < -0.39 is 0 Å². The summed E-state index contributed by atoms with van der Waals surface area (Å²) >= 11 is 12.2. The van der Waals surface area contributed by atoms with Gasteiger partial charge in [-0.25, -0.2) is 4.98 Å². The molecular weight excluding hydrogens is 493 g/mol. The molecule has 2 aliphatic heterocycles. The summed E-state index contributed by atoms with van der Waals surface area (Å²) in [7, 11) is 0. The van der Waals surface area contributed by atoms with E-state index in [1.807, 2.05) is 12.1 Å². The first-order valence-corrected chi connectivity index (χ1v) is 14.0. The monoisotopic (exact) mass is 527 g/mol. The number of anilines is 1. The van der Waals surface area contributed by atoms with Crippen molar-refractivity contribution in [3.8, 4) is 0 Å². The number of likely N-dealkylation sites (tertiary alicyclic amines) is 1. The summed E-state index contributed by atoms with van der Waals surface area (Å²) in [5.74, 6) is 1.22. The molecule has 1 aromatic heterocycles. The molecule has 1 N–H and O–H groups in total. The number of imidazole rings is 1. The third-order valence-corrected chi connectivity index (χ3v) is 8.17. The van der Waals surface area contributed by atoms with E-state index in [0.29, 0.717) is 23.0 Å². The Kier molecular flexibility index (Phi) is 8.35. The number of hydrogen-bond acceptors (Lipinski definition) is 4. The molecule has 8 heteroatoms. The van der Waals surface area contributed by atoms with Gasteiger partial charge in [0.25, 0.3) is 0 Å². The largest absolute Gasteiger partial charge is 0.356 e. The van der Waals surface area contributed by atoms with E-state index in [4.69, 9.17) is 28.2 Å². The molecule has 5 rings (SSSR count). The van der Waals surface area contributed by atoms with Gasteiger partial charge in [-0.05, 0) is 75.0 Å². The Bertz CT molecular complexity index is 1180. The molecule has 6 nitrogen and oxygen atoms in total. The van der Waals surface area contributed by atoms with E-state index in [2.05, 4.69) is 43.9 Å². The highest BCUT2D eigenvalue weighted by atomic mass is 35.5. The Labute approximate surface area is 223 Å². The predicted octanol–water partition coefficient (Wildman–Crippen LogP) is 5.40. The number of para-hydroxylation sites is 2. The second-order valence-electron chi connectivity index (χ2n) is 9.99. The van der Waals surface area contributed by atoms with Crippen LogP contribution in [0.2, 0.25) is 10.0 Å². The summed E-state index contributed by atoms with van der Waals surface area (Å²) in [5, 5.41) is 4.38. The molecule has 0 radical (unpaired) electrons. The smallest absolute Gasteiger partial charge is 0.223 e. The summed E-state index contributed by atoms with van der Waals surface area (Å²) in [6.45, 7) is 6.67. The van der Waals surface area contributed by atoms with Crippen LogP contribution in [0, 0.1) is 5.92 Å². The number of piperidine rings is 2. The number of nitrogens with zero attached hydrogens (tertiary/aromatic N) is 4. The molecule has 192 valence electrons. The number of rotatable bonds is 8. The Morgan fingerprint density at radius 2 is 1.75 bits per heavy atom. The van der Waals surface area contributed by atoms with Gasteiger partial charge in [0.15, 0.2) is 0 Å². The molecule has 0 unspecified atom stereocenters. The Morgan fingerprint density at radius 1 is 0.972 bits per heavy atom.